The number of ether oxygens (including phenoxy) is 1. The number of hydrogen-bond acceptors (Lipinski definition) is 4. The van der Waals surface area contributed by atoms with Crippen LogP contribution < -0.4 is 10.1 Å². The Morgan fingerprint density at radius 1 is 1.16 bits per heavy atom. The number of thiophene rings is 1. The molecule has 2 heterocycles. The van der Waals surface area contributed by atoms with Gasteiger partial charge >= 0.3 is 0 Å². The minimum atomic E-state index is -0.166. The summed E-state index contributed by atoms with van der Waals surface area (Å²) in [5, 5.41) is 9.87. The number of amides is 1. The molecule has 4 rings (SSSR count). The highest BCUT2D eigenvalue weighted by atomic mass is 35.5. The van der Waals surface area contributed by atoms with Crippen LogP contribution in [0.1, 0.15) is 37.5 Å². The standard InChI is InChI=1S/C25H24ClN3O2S/c1-16-8-17(2)24(18(3)9-16)31-14-19-10-23(32-15-19)25(30)28-21-11-27-29(13-21)12-20-6-4-5-7-22(20)26/h4-11,13,15H,12,14H2,1-3H3,(H,28,30). The van der Waals surface area contributed by atoms with Gasteiger partial charge in [-0.05, 0) is 55.0 Å². The van der Waals surface area contributed by atoms with Crippen molar-refractivity contribution in [3.8, 4) is 5.75 Å². The molecule has 0 saturated heterocycles. The van der Waals surface area contributed by atoms with Crippen molar-refractivity contribution in [2.75, 3.05) is 5.32 Å². The predicted octanol–water partition coefficient (Wildman–Crippen LogP) is 6.40. The lowest BCUT2D eigenvalue weighted by atomic mass is 10.1. The topological polar surface area (TPSA) is 56.1 Å². The highest BCUT2D eigenvalue weighted by Gasteiger charge is 2.12. The molecule has 1 amide bonds. The molecule has 5 nitrogen and oxygen atoms in total. The van der Waals surface area contributed by atoms with Gasteiger partial charge in [0.2, 0.25) is 0 Å². The van der Waals surface area contributed by atoms with Gasteiger partial charge in [0.1, 0.15) is 12.4 Å². The van der Waals surface area contributed by atoms with Crippen molar-refractivity contribution in [1.82, 2.24) is 9.78 Å². The molecule has 0 radical (unpaired) electrons. The molecule has 0 aliphatic carbocycles. The van der Waals surface area contributed by atoms with Crippen LogP contribution in [0.3, 0.4) is 0 Å². The summed E-state index contributed by atoms with van der Waals surface area (Å²) in [7, 11) is 0. The SMILES string of the molecule is Cc1cc(C)c(OCc2csc(C(=O)Nc3cnn(Cc4ccccc4Cl)c3)c2)c(C)c1. The number of carbonyl (C=O) groups excluding carboxylic acids is 1. The lowest BCUT2D eigenvalue weighted by Gasteiger charge is -2.12. The van der Waals surface area contributed by atoms with E-state index in [1.54, 1.807) is 17.1 Å². The fourth-order valence-corrected chi connectivity index (χ4v) is 4.62. The number of rotatable bonds is 7. The Labute approximate surface area is 196 Å². The minimum absolute atomic E-state index is 0.166. The molecule has 0 fully saturated rings. The molecule has 0 saturated carbocycles. The van der Waals surface area contributed by atoms with Gasteiger partial charge in [0.05, 0.1) is 23.3 Å². The maximum atomic E-state index is 12.7. The zero-order valence-electron chi connectivity index (χ0n) is 18.2. The van der Waals surface area contributed by atoms with Crippen LogP contribution >= 0.6 is 22.9 Å². The van der Waals surface area contributed by atoms with E-state index in [0.29, 0.717) is 28.7 Å². The van der Waals surface area contributed by atoms with Gasteiger partial charge in [-0.2, -0.15) is 5.10 Å². The van der Waals surface area contributed by atoms with Gasteiger partial charge in [0.25, 0.3) is 5.91 Å². The summed E-state index contributed by atoms with van der Waals surface area (Å²) in [5.74, 6) is 0.736. The zero-order chi connectivity index (χ0) is 22.7. The highest BCUT2D eigenvalue weighted by Crippen LogP contribution is 2.26. The second kappa shape index (κ2) is 9.59. The number of hydrogen-bond donors (Lipinski definition) is 1. The first-order valence-corrected chi connectivity index (χ1v) is 11.5. The summed E-state index contributed by atoms with van der Waals surface area (Å²) < 4.78 is 7.79. The monoisotopic (exact) mass is 465 g/mol. The molecular weight excluding hydrogens is 442 g/mol. The van der Waals surface area contributed by atoms with Crippen LogP contribution in [0.5, 0.6) is 5.75 Å². The third kappa shape index (κ3) is 5.21. The maximum Gasteiger partial charge on any atom is 0.265 e. The summed E-state index contributed by atoms with van der Waals surface area (Å²) in [5.41, 5.74) is 6.02. The Balaban J connectivity index is 1.36. The first kappa shape index (κ1) is 22.1. The van der Waals surface area contributed by atoms with Crippen molar-refractivity contribution in [2.45, 2.75) is 33.9 Å². The van der Waals surface area contributed by atoms with Crippen molar-refractivity contribution in [2.24, 2.45) is 0 Å². The summed E-state index contributed by atoms with van der Waals surface area (Å²) in [4.78, 5) is 13.3. The largest absolute Gasteiger partial charge is 0.488 e. The second-order valence-electron chi connectivity index (χ2n) is 7.81. The van der Waals surface area contributed by atoms with Gasteiger partial charge < -0.3 is 10.1 Å². The van der Waals surface area contributed by atoms with E-state index in [1.165, 1.54) is 16.9 Å². The zero-order valence-corrected chi connectivity index (χ0v) is 19.8. The lowest BCUT2D eigenvalue weighted by molar-refractivity contribution is 0.103. The van der Waals surface area contributed by atoms with E-state index in [4.69, 9.17) is 16.3 Å². The Bertz CT molecular complexity index is 1240. The molecule has 0 atom stereocenters. The van der Waals surface area contributed by atoms with Gasteiger partial charge in [0.15, 0.2) is 0 Å². The fourth-order valence-electron chi connectivity index (χ4n) is 3.63. The molecule has 1 N–H and O–H groups in total. The van der Waals surface area contributed by atoms with Crippen LogP contribution in [0.25, 0.3) is 0 Å². The molecule has 2 aromatic heterocycles. The van der Waals surface area contributed by atoms with Crippen molar-refractivity contribution in [1.29, 1.82) is 0 Å². The number of anilines is 1. The van der Waals surface area contributed by atoms with Gasteiger partial charge in [-0.1, -0.05) is 47.5 Å². The number of halogens is 1. The van der Waals surface area contributed by atoms with Crippen molar-refractivity contribution < 1.29 is 9.53 Å². The van der Waals surface area contributed by atoms with Gasteiger partial charge in [-0.15, -0.1) is 11.3 Å². The van der Waals surface area contributed by atoms with Gasteiger partial charge in [-0.3, -0.25) is 9.48 Å². The smallest absolute Gasteiger partial charge is 0.265 e. The van der Waals surface area contributed by atoms with E-state index < -0.39 is 0 Å². The van der Waals surface area contributed by atoms with Crippen LogP contribution in [0.15, 0.2) is 60.2 Å². The third-order valence-corrected chi connectivity index (χ3v) is 6.39. The quantitative estimate of drug-likeness (QED) is 0.343. The van der Waals surface area contributed by atoms with Crippen LogP contribution in [0, 0.1) is 20.8 Å². The predicted molar refractivity (Wildman–Crippen MR) is 130 cm³/mol. The minimum Gasteiger partial charge on any atom is -0.488 e. The Morgan fingerprint density at radius 3 is 2.66 bits per heavy atom. The van der Waals surface area contributed by atoms with Crippen LogP contribution in [-0.2, 0) is 13.2 Å². The molecule has 32 heavy (non-hydrogen) atoms. The van der Waals surface area contributed by atoms with Crippen molar-refractivity contribution in [3.63, 3.8) is 0 Å². The molecule has 0 aliphatic heterocycles. The van der Waals surface area contributed by atoms with Crippen LogP contribution in [0.2, 0.25) is 5.02 Å². The molecule has 4 aromatic rings. The van der Waals surface area contributed by atoms with Crippen LogP contribution in [-0.4, -0.2) is 15.7 Å². The van der Waals surface area contributed by atoms with Crippen molar-refractivity contribution >= 4 is 34.5 Å². The molecule has 7 heteroatoms. The normalized spacial score (nSPS) is 10.9. The average Bonchev–Trinajstić information content (AvgIpc) is 3.38. The molecule has 0 unspecified atom stereocenters. The lowest BCUT2D eigenvalue weighted by Crippen LogP contribution is -2.09. The molecule has 0 aliphatic rings. The van der Waals surface area contributed by atoms with Crippen LogP contribution in [0.4, 0.5) is 5.69 Å². The first-order chi connectivity index (χ1) is 15.4. The second-order valence-corrected chi connectivity index (χ2v) is 9.13. The summed E-state index contributed by atoms with van der Waals surface area (Å²) in [6.45, 7) is 7.13. The molecular formula is C25H24ClN3O2S. The Hall–Kier alpha value is -3.09. The van der Waals surface area contributed by atoms with Crippen molar-refractivity contribution in [3.05, 3.63) is 98.0 Å². The van der Waals surface area contributed by atoms with E-state index in [-0.39, 0.29) is 5.91 Å². The number of nitrogens with zero attached hydrogens (tertiary/aromatic N) is 2. The molecule has 0 spiro atoms. The van der Waals surface area contributed by atoms with E-state index in [9.17, 15) is 4.79 Å². The fraction of sp³-hybridized carbons (Fsp3) is 0.200. The Kier molecular flexibility index (Phi) is 6.63. The molecule has 164 valence electrons. The third-order valence-electron chi connectivity index (χ3n) is 5.05. The van der Waals surface area contributed by atoms with E-state index >= 15 is 0 Å². The van der Waals surface area contributed by atoms with E-state index in [2.05, 4.69) is 29.5 Å². The van der Waals surface area contributed by atoms with Gasteiger partial charge in [-0.25, -0.2) is 0 Å². The molecule has 0 bridgehead atoms. The maximum absolute atomic E-state index is 12.7. The highest BCUT2D eigenvalue weighted by molar-refractivity contribution is 7.12. The summed E-state index contributed by atoms with van der Waals surface area (Å²) in [6.07, 6.45) is 3.43. The summed E-state index contributed by atoms with van der Waals surface area (Å²) >= 11 is 7.61. The number of carbonyl (C=O) groups is 1. The van der Waals surface area contributed by atoms with E-state index in [1.807, 2.05) is 49.6 Å². The summed E-state index contributed by atoms with van der Waals surface area (Å²) in [6, 6.07) is 13.7. The molecule has 2 aromatic carbocycles. The number of aryl methyl sites for hydroxylation is 3. The number of nitrogens with one attached hydrogen (secondary N) is 1. The van der Waals surface area contributed by atoms with Gasteiger partial charge in [0, 0.05) is 16.8 Å². The average molecular weight is 466 g/mol. The first-order valence-electron chi connectivity index (χ1n) is 10.2. The number of aromatic nitrogens is 2. The van der Waals surface area contributed by atoms with E-state index in [0.717, 1.165) is 28.0 Å². The number of benzene rings is 2. The Morgan fingerprint density at radius 2 is 1.91 bits per heavy atom.